The van der Waals surface area contributed by atoms with Crippen LogP contribution in [0.4, 0.5) is 10.1 Å². The molecule has 1 heterocycles. The number of hydrogen-bond acceptors (Lipinski definition) is 3. The summed E-state index contributed by atoms with van der Waals surface area (Å²) < 4.78 is 24.8. The molecule has 0 saturated heterocycles. The molecule has 0 aromatic heterocycles. The van der Waals surface area contributed by atoms with Crippen LogP contribution in [0, 0.1) is 5.82 Å². The van der Waals surface area contributed by atoms with Gasteiger partial charge in [-0.05, 0) is 35.4 Å². The molecule has 0 amide bonds. The molecule has 1 aliphatic rings. The van der Waals surface area contributed by atoms with Crippen LogP contribution in [0.15, 0.2) is 72.8 Å². The Labute approximate surface area is 146 Å². The fourth-order valence-electron chi connectivity index (χ4n) is 2.85. The van der Waals surface area contributed by atoms with E-state index >= 15 is 0 Å². The summed E-state index contributed by atoms with van der Waals surface area (Å²) in [7, 11) is 0. The van der Waals surface area contributed by atoms with Crippen LogP contribution in [-0.2, 0) is 6.61 Å². The van der Waals surface area contributed by atoms with Gasteiger partial charge in [-0.1, -0.05) is 42.5 Å². The van der Waals surface area contributed by atoms with E-state index in [0.717, 1.165) is 28.3 Å². The van der Waals surface area contributed by atoms with E-state index in [1.54, 1.807) is 12.1 Å². The number of anilines is 1. The summed E-state index contributed by atoms with van der Waals surface area (Å²) in [5, 5.41) is 3.43. The molecule has 4 heteroatoms. The van der Waals surface area contributed by atoms with Gasteiger partial charge >= 0.3 is 0 Å². The second kappa shape index (κ2) is 6.85. The van der Waals surface area contributed by atoms with E-state index in [1.165, 1.54) is 12.1 Å². The number of benzene rings is 3. The van der Waals surface area contributed by atoms with Crippen LogP contribution in [0.3, 0.4) is 0 Å². The van der Waals surface area contributed by atoms with Crippen molar-refractivity contribution in [2.75, 3.05) is 11.9 Å². The van der Waals surface area contributed by atoms with Crippen LogP contribution in [0.5, 0.6) is 11.5 Å². The summed E-state index contributed by atoms with van der Waals surface area (Å²) in [6, 6.07) is 22.3. The van der Waals surface area contributed by atoms with E-state index in [1.807, 2.05) is 48.5 Å². The summed E-state index contributed by atoms with van der Waals surface area (Å²) in [5.74, 6) is 1.30. The van der Waals surface area contributed by atoms with Gasteiger partial charge in [0.05, 0.1) is 11.7 Å². The van der Waals surface area contributed by atoms with E-state index in [9.17, 15) is 4.39 Å². The van der Waals surface area contributed by atoms with Gasteiger partial charge in [-0.25, -0.2) is 4.39 Å². The van der Waals surface area contributed by atoms with Gasteiger partial charge in [0, 0.05) is 6.07 Å². The largest absolute Gasteiger partial charge is 0.489 e. The van der Waals surface area contributed by atoms with E-state index in [4.69, 9.17) is 9.47 Å². The van der Waals surface area contributed by atoms with Crippen molar-refractivity contribution in [1.82, 2.24) is 0 Å². The minimum absolute atomic E-state index is 0.00388. The molecule has 0 bridgehead atoms. The van der Waals surface area contributed by atoms with Gasteiger partial charge < -0.3 is 14.8 Å². The average Bonchev–Trinajstić information content (AvgIpc) is 2.67. The number of fused-ring (bicyclic) bond motifs is 1. The van der Waals surface area contributed by atoms with Crippen LogP contribution in [0.1, 0.15) is 17.2 Å². The zero-order valence-corrected chi connectivity index (χ0v) is 13.6. The number of halogens is 1. The van der Waals surface area contributed by atoms with Gasteiger partial charge in [0.1, 0.15) is 30.5 Å². The lowest BCUT2D eigenvalue weighted by Crippen LogP contribution is -2.23. The predicted molar refractivity (Wildman–Crippen MR) is 95.5 cm³/mol. The standard InChI is InChI=1S/C21H18FNO2/c22-17-8-6-16(7-9-17)20-14-25-21-12-18(10-11-19(21)23-20)24-13-15-4-2-1-3-5-15/h1-12,20,23H,13-14H2/t20-/m0/s1. The van der Waals surface area contributed by atoms with Crippen LogP contribution < -0.4 is 14.8 Å². The van der Waals surface area contributed by atoms with Crippen molar-refractivity contribution in [3.63, 3.8) is 0 Å². The number of rotatable bonds is 4. The summed E-state index contributed by atoms with van der Waals surface area (Å²) in [4.78, 5) is 0. The molecule has 0 saturated carbocycles. The van der Waals surface area contributed by atoms with Crippen LogP contribution >= 0.6 is 0 Å². The molecule has 0 radical (unpaired) electrons. The highest BCUT2D eigenvalue weighted by atomic mass is 19.1. The molecule has 4 rings (SSSR count). The normalized spacial score (nSPS) is 15.6. The summed E-state index contributed by atoms with van der Waals surface area (Å²) in [6.07, 6.45) is 0. The molecule has 0 unspecified atom stereocenters. The molecular formula is C21H18FNO2. The lowest BCUT2D eigenvalue weighted by atomic mass is 10.1. The Morgan fingerprint density at radius 2 is 1.80 bits per heavy atom. The lowest BCUT2D eigenvalue weighted by Gasteiger charge is -2.28. The first-order chi connectivity index (χ1) is 12.3. The quantitative estimate of drug-likeness (QED) is 0.732. The van der Waals surface area contributed by atoms with E-state index in [0.29, 0.717) is 13.2 Å². The van der Waals surface area contributed by atoms with Crippen molar-refractivity contribution in [1.29, 1.82) is 0 Å². The Morgan fingerprint density at radius 3 is 2.60 bits per heavy atom. The topological polar surface area (TPSA) is 30.5 Å². The molecule has 0 spiro atoms. The van der Waals surface area contributed by atoms with Gasteiger partial charge in [-0.2, -0.15) is 0 Å². The molecule has 3 nitrogen and oxygen atoms in total. The Hall–Kier alpha value is -3.01. The molecule has 0 aliphatic carbocycles. The summed E-state index contributed by atoms with van der Waals surface area (Å²) in [5.41, 5.74) is 3.03. The highest BCUT2D eigenvalue weighted by molar-refractivity contribution is 5.61. The second-order valence-electron chi connectivity index (χ2n) is 5.99. The van der Waals surface area contributed by atoms with Crippen molar-refractivity contribution >= 4 is 5.69 Å². The molecule has 1 aliphatic heterocycles. The molecular weight excluding hydrogens is 317 g/mol. The smallest absolute Gasteiger partial charge is 0.146 e. The highest BCUT2D eigenvalue weighted by Gasteiger charge is 2.20. The molecule has 3 aromatic carbocycles. The molecule has 0 fully saturated rings. The van der Waals surface area contributed by atoms with Gasteiger partial charge in [-0.15, -0.1) is 0 Å². The monoisotopic (exact) mass is 335 g/mol. The van der Waals surface area contributed by atoms with Gasteiger partial charge in [-0.3, -0.25) is 0 Å². The maximum absolute atomic E-state index is 13.1. The fraction of sp³-hybridized carbons (Fsp3) is 0.143. The number of hydrogen-bond donors (Lipinski definition) is 1. The van der Waals surface area contributed by atoms with Crippen molar-refractivity contribution in [3.05, 3.63) is 89.7 Å². The minimum atomic E-state index is -0.235. The van der Waals surface area contributed by atoms with Crippen LogP contribution in [-0.4, -0.2) is 6.61 Å². The molecule has 1 N–H and O–H groups in total. The SMILES string of the molecule is Fc1ccc([C@@H]2COc3cc(OCc4ccccc4)ccc3N2)cc1. The first-order valence-corrected chi connectivity index (χ1v) is 8.23. The third kappa shape index (κ3) is 3.58. The van der Waals surface area contributed by atoms with Crippen molar-refractivity contribution in [2.24, 2.45) is 0 Å². The van der Waals surface area contributed by atoms with E-state index < -0.39 is 0 Å². The van der Waals surface area contributed by atoms with Crippen LogP contribution in [0.25, 0.3) is 0 Å². The van der Waals surface area contributed by atoms with Crippen molar-refractivity contribution in [2.45, 2.75) is 12.6 Å². The van der Waals surface area contributed by atoms with Gasteiger partial charge in [0.25, 0.3) is 0 Å². The maximum atomic E-state index is 13.1. The molecule has 1 atom stereocenters. The van der Waals surface area contributed by atoms with Crippen molar-refractivity contribution < 1.29 is 13.9 Å². The third-order valence-electron chi connectivity index (χ3n) is 4.21. The van der Waals surface area contributed by atoms with Crippen molar-refractivity contribution in [3.8, 4) is 11.5 Å². The Bertz CT molecular complexity index is 850. The van der Waals surface area contributed by atoms with E-state index in [-0.39, 0.29) is 11.9 Å². The predicted octanol–water partition coefficient (Wildman–Crippen LogP) is 4.95. The number of ether oxygens (including phenoxy) is 2. The van der Waals surface area contributed by atoms with Gasteiger partial charge in [0.15, 0.2) is 0 Å². The minimum Gasteiger partial charge on any atom is -0.489 e. The second-order valence-corrected chi connectivity index (χ2v) is 5.99. The first kappa shape index (κ1) is 15.5. The molecule has 126 valence electrons. The Balaban J connectivity index is 1.44. The summed E-state index contributed by atoms with van der Waals surface area (Å²) in [6.45, 7) is 1.01. The first-order valence-electron chi connectivity index (χ1n) is 8.23. The molecule has 3 aromatic rings. The van der Waals surface area contributed by atoms with Crippen LogP contribution in [0.2, 0.25) is 0 Å². The fourth-order valence-corrected chi connectivity index (χ4v) is 2.85. The zero-order chi connectivity index (χ0) is 17.1. The Morgan fingerprint density at radius 1 is 1.00 bits per heavy atom. The summed E-state index contributed by atoms with van der Waals surface area (Å²) >= 11 is 0. The van der Waals surface area contributed by atoms with E-state index in [2.05, 4.69) is 5.32 Å². The third-order valence-corrected chi connectivity index (χ3v) is 4.21. The number of nitrogens with one attached hydrogen (secondary N) is 1. The maximum Gasteiger partial charge on any atom is 0.146 e. The average molecular weight is 335 g/mol. The lowest BCUT2D eigenvalue weighted by molar-refractivity contribution is 0.277. The zero-order valence-electron chi connectivity index (χ0n) is 13.6. The van der Waals surface area contributed by atoms with Gasteiger partial charge in [0.2, 0.25) is 0 Å². The Kier molecular flexibility index (Phi) is 4.25. The molecule has 25 heavy (non-hydrogen) atoms. The highest BCUT2D eigenvalue weighted by Crippen LogP contribution is 2.36.